The Kier molecular flexibility index (Phi) is 3.49. The predicted octanol–water partition coefficient (Wildman–Crippen LogP) is 1.89. The zero-order valence-corrected chi connectivity index (χ0v) is 10.1. The molecule has 2 aromatic heterocycles. The Labute approximate surface area is 100 Å². The monoisotopic (exact) mass is 232 g/mol. The second-order valence-corrected chi connectivity index (χ2v) is 3.96. The van der Waals surface area contributed by atoms with Crippen molar-refractivity contribution in [2.24, 2.45) is 5.73 Å². The molecule has 0 spiro atoms. The fraction of sp³-hybridized carbons (Fsp3) is 0.417. The van der Waals surface area contributed by atoms with Crippen molar-refractivity contribution in [3.63, 3.8) is 0 Å². The SMILES string of the molecule is CCC(CN)c1nc(-c2cccc(C)n2)no1. The topological polar surface area (TPSA) is 77.8 Å². The maximum atomic E-state index is 5.64. The van der Waals surface area contributed by atoms with E-state index in [0.717, 1.165) is 17.8 Å². The smallest absolute Gasteiger partial charge is 0.231 e. The molecule has 17 heavy (non-hydrogen) atoms. The molecule has 0 saturated heterocycles. The lowest BCUT2D eigenvalue weighted by Crippen LogP contribution is -2.11. The first-order valence-corrected chi connectivity index (χ1v) is 5.72. The quantitative estimate of drug-likeness (QED) is 0.870. The predicted molar refractivity (Wildman–Crippen MR) is 64.4 cm³/mol. The summed E-state index contributed by atoms with van der Waals surface area (Å²) in [6, 6.07) is 5.72. The van der Waals surface area contributed by atoms with Crippen LogP contribution in [-0.2, 0) is 0 Å². The van der Waals surface area contributed by atoms with Crippen molar-refractivity contribution in [1.82, 2.24) is 15.1 Å². The molecule has 2 N–H and O–H groups in total. The van der Waals surface area contributed by atoms with Crippen LogP contribution >= 0.6 is 0 Å². The van der Waals surface area contributed by atoms with E-state index in [1.165, 1.54) is 0 Å². The van der Waals surface area contributed by atoms with Gasteiger partial charge in [-0.05, 0) is 25.5 Å². The van der Waals surface area contributed by atoms with Crippen LogP contribution in [0.15, 0.2) is 22.7 Å². The Morgan fingerprint density at radius 2 is 2.18 bits per heavy atom. The zero-order valence-electron chi connectivity index (χ0n) is 10.1. The summed E-state index contributed by atoms with van der Waals surface area (Å²) in [7, 11) is 0. The third-order valence-corrected chi connectivity index (χ3v) is 2.69. The molecule has 0 fully saturated rings. The van der Waals surface area contributed by atoms with Gasteiger partial charge in [-0.2, -0.15) is 4.98 Å². The molecule has 0 bridgehead atoms. The van der Waals surface area contributed by atoms with Gasteiger partial charge in [0.15, 0.2) is 0 Å². The first-order chi connectivity index (χ1) is 8.24. The molecule has 0 aliphatic heterocycles. The molecule has 2 heterocycles. The van der Waals surface area contributed by atoms with E-state index in [1.807, 2.05) is 32.0 Å². The van der Waals surface area contributed by atoms with E-state index >= 15 is 0 Å². The van der Waals surface area contributed by atoms with Gasteiger partial charge in [0.2, 0.25) is 11.7 Å². The molecule has 2 rings (SSSR count). The van der Waals surface area contributed by atoms with Crippen LogP contribution in [0.4, 0.5) is 0 Å². The Bertz CT molecular complexity index is 491. The van der Waals surface area contributed by atoms with Crippen molar-refractivity contribution in [1.29, 1.82) is 0 Å². The summed E-state index contributed by atoms with van der Waals surface area (Å²) in [5.41, 5.74) is 7.30. The van der Waals surface area contributed by atoms with Crippen molar-refractivity contribution in [2.75, 3.05) is 6.54 Å². The Morgan fingerprint density at radius 1 is 1.35 bits per heavy atom. The standard InChI is InChI=1S/C12H16N4O/c1-3-9(7-13)12-15-11(16-17-12)10-6-4-5-8(2)14-10/h4-6,9H,3,7,13H2,1-2H3. The first kappa shape index (κ1) is 11.7. The summed E-state index contributed by atoms with van der Waals surface area (Å²) in [5.74, 6) is 1.24. The molecular weight excluding hydrogens is 216 g/mol. The zero-order chi connectivity index (χ0) is 12.3. The molecule has 5 nitrogen and oxygen atoms in total. The number of hydrogen-bond acceptors (Lipinski definition) is 5. The van der Waals surface area contributed by atoms with E-state index < -0.39 is 0 Å². The average molecular weight is 232 g/mol. The van der Waals surface area contributed by atoms with E-state index in [2.05, 4.69) is 15.1 Å². The van der Waals surface area contributed by atoms with Crippen molar-refractivity contribution < 1.29 is 4.52 Å². The van der Waals surface area contributed by atoms with Crippen molar-refractivity contribution in [2.45, 2.75) is 26.2 Å². The highest BCUT2D eigenvalue weighted by Gasteiger charge is 2.16. The van der Waals surface area contributed by atoms with Gasteiger partial charge in [-0.25, -0.2) is 4.98 Å². The Hall–Kier alpha value is -1.75. The third-order valence-electron chi connectivity index (χ3n) is 2.69. The van der Waals surface area contributed by atoms with Gasteiger partial charge in [0.05, 0.1) is 5.92 Å². The minimum Gasteiger partial charge on any atom is -0.339 e. The second kappa shape index (κ2) is 5.05. The lowest BCUT2D eigenvalue weighted by Gasteiger charge is -2.04. The summed E-state index contributed by atoms with van der Waals surface area (Å²) >= 11 is 0. The van der Waals surface area contributed by atoms with Gasteiger partial charge in [0.25, 0.3) is 0 Å². The largest absolute Gasteiger partial charge is 0.339 e. The van der Waals surface area contributed by atoms with E-state index in [1.54, 1.807) is 0 Å². The highest BCUT2D eigenvalue weighted by Crippen LogP contribution is 2.20. The summed E-state index contributed by atoms with van der Waals surface area (Å²) in [4.78, 5) is 8.69. The van der Waals surface area contributed by atoms with Gasteiger partial charge >= 0.3 is 0 Å². The van der Waals surface area contributed by atoms with E-state index in [0.29, 0.717) is 18.3 Å². The molecule has 0 aliphatic rings. The van der Waals surface area contributed by atoms with Crippen LogP contribution in [0.2, 0.25) is 0 Å². The van der Waals surface area contributed by atoms with Crippen LogP contribution < -0.4 is 5.73 Å². The first-order valence-electron chi connectivity index (χ1n) is 5.72. The summed E-state index contributed by atoms with van der Waals surface area (Å²) in [6.07, 6.45) is 0.888. The van der Waals surface area contributed by atoms with E-state index in [4.69, 9.17) is 10.3 Å². The molecule has 0 amide bonds. The number of aromatic nitrogens is 3. The molecule has 1 unspecified atom stereocenters. The summed E-state index contributed by atoms with van der Waals surface area (Å²) < 4.78 is 5.22. The van der Waals surface area contributed by atoms with Crippen LogP contribution in [0.25, 0.3) is 11.5 Å². The number of hydrogen-bond donors (Lipinski definition) is 1. The molecule has 2 aromatic rings. The van der Waals surface area contributed by atoms with E-state index in [-0.39, 0.29) is 5.92 Å². The minimum atomic E-state index is 0.126. The van der Waals surface area contributed by atoms with Crippen LogP contribution in [-0.4, -0.2) is 21.7 Å². The highest BCUT2D eigenvalue weighted by atomic mass is 16.5. The second-order valence-electron chi connectivity index (χ2n) is 3.96. The molecule has 1 atom stereocenters. The van der Waals surface area contributed by atoms with Crippen molar-refractivity contribution >= 4 is 0 Å². The van der Waals surface area contributed by atoms with E-state index in [9.17, 15) is 0 Å². The maximum absolute atomic E-state index is 5.64. The number of nitrogens with zero attached hydrogens (tertiary/aromatic N) is 3. The lowest BCUT2D eigenvalue weighted by molar-refractivity contribution is 0.351. The van der Waals surface area contributed by atoms with Crippen molar-refractivity contribution in [3.05, 3.63) is 29.8 Å². The normalized spacial score (nSPS) is 12.6. The molecular formula is C12H16N4O. The van der Waals surface area contributed by atoms with Crippen molar-refractivity contribution in [3.8, 4) is 11.5 Å². The molecule has 90 valence electrons. The van der Waals surface area contributed by atoms with Gasteiger partial charge in [-0.3, -0.25) is 0 Å². The third kappa shape index (κ3) is 2.50. The van der Waals surface area contributed by atoms with Gasteiger partial charge in [0.1, 0.15) is 5.69 Å². The fourth-order valence-electron chi connectivity index (χ4n) is 1.61. The summed E-state index contributed by atoms with van der Waals surface area (Å²) in [6.45, 7) is 4.49. The molecule has 0 aromatic carbocycles. The number of pyridine rings is 1. The van der Waals surface area contributed by atoms with Gasteiger partial charge in [-0.1, -0.05) is 18.1 Å². The van der Waals surface area contributed by atoms with Crippen LogP contribution in [0.5, 0.6) is 0 Å². The Morgan fingerprint density at radius 3 is 2.82 bits per heavy atom. The number of rotatable bonds is 4. The molecule has 0 radical (unpaired) electrons. The van der Waals surface area contributed by atoms with Gasteiger partial charge < -0.3 is 10.3 Å². The molecule has 0 saturated carbocycles. The van der Waals surface area contributed by atoms with Gasteiger partial charge in [0, 0.05) is 12.2 Å². The number of aryl methyl sites for hydroxylation is 1. The summed E-state index contributed by atoms with van der Waals surface area (Å²) in [5, 5.41) is 3.94. The Balaban J connectivity index is 2.29. The minimum absolute atomic E-state index is 0.126. The highest BCUT2D eigenvalue weighted by molar-refractivity contribution is 5.48. The molecule has 0 aliphatic carbocycles. The number of nitrogens with two attached hydrogens (primary N) is 1. The average Bonchev–Trinajstić information content (AvgIpc) is 2.80. The fourth-order valence-corrected chi connectivity index (χ4v) is 1.61. The van der Waals surface area contributed by atoms with Crippen LogP contribution in [0.1, 0.15) is 30.8 Å². The maximum Gasteiger partial charge on any atom is 0.231 e. The van der Waals surface area contributed by atoms with Gasteiger partial charge in [-0.15, -0.1) is 0 Å². The lowest BCUT2D eigenvalue weighted by atomic mass is 10.1. The van der Waals surface area contributed by atoms with Crippen LogP contribution in [0.3, 0.4) is 0 Å². The van der Waals surface area contributed by atoms with Crippen LogP contribution in [0, 0.1) is 6.92 Å². The molecule has 5 heteroatoms.